The van der Waals surface area contributed by atoms with Gasteiger partial charge < -0.3 is 14.0 Å². The van der Waals surface area contributed by atoms with Crippen LogP contribution in [0.3, 0.4) is 0 Å². The van der Waals surface area contributed by atoms with Crippen molar-refractivity contribution in [3.8, 4) is 39.5 Å². The van der Waals surface area contributed by atoms with E-state index < -0.39 is 8.07 Å². The summed E-state index contributed by atoms with van der Waals surface area (Å²) in [4.78, 5) is 14.9. The van der Waals surface area contributed by atoms with Crippen molar-refractivity contribution in [2.45, 2.75) is 66.1 Å². The van der Waals surface area contributed by atoms with Gasteiger partial charge in [0.1, 0.15) is 5.58 Å². The van der Waals surface area contributed by atoms with Crippen LogP contribution in [0.25, 0.3) is 83.3 Å². The summed E-state index contributed by atoms with van der Waals surface area (Å²) in [5, 5.41) is 4.62. The van der Waals surface area contributed by atoms with Crippen molar-refractivity contribution in [2.75, 3.05) is 0 Å². The molecule has 0 fully saturated rings. The summed E-state index contributed by atoms with van der Waals surface area (Å²) in [7, 11) is -1.27. The Morgan fingerprint density at radius 3 is 2.00 bits per heavy atom. The maximum Gasteiger partial charge on any atom is 0.120 e. The number of benzene rings is 6. The molecule has 10 aromatic rings. The summed E-state index contributed by atoms with van der Waals surface area (Å²) in [6, 6.07) is 52.8. The van der Waals surface area contributed by atoms with Crippen molar-refractivity contribution in [2.24, 2.45) is 0 Å². The Labute approximate surface area is 379 Å². The van der Waals surface area contributed by atoms with Gasteiger partial charge in [-0.05, 0) is 76.2 Å². The van der Waals surface area contributed by atoms with Crippen LogP contribution in [0.5, 0.6) is 0 Å². The SMILES string of the molecule is CC(C)c1cc(-c2ccccc2)cc(C(C)C)c1-n1c(-c2[c-]ccc3c2oc2ccccc23)nc2c3ccccc3ncc21.Cc1cc(-c2[c-]cccc2)ncc1[Si](C)(C)C.[Ir]. The first kappa shape index (κ1) is 42.7. The number of nitrogens with zero attached hydrogens (tertiary/aromatic N) is 4. The Morgan fingerprint density at radius 2 is 1.32 bits per heavy atom. The number of hydrogen-bond acceptors (Lipinski definition) is 4. The van der Waals surface area contributed by atoms with Gasteiger partial charge in [0, 0.05) is 42.8 Å². The second-order valence-electron chi connectivity index (χ2n) is 17.6. The molecule has 62 heavy (non-hydrogen) atoms. The molecule has 0 saturated carbocycles. The predicted octanol–water partition coefficient (Wildman–Crippen LogP) is 14.3. The summed E-state index contributed by atoms with van der Waals surface area (Å²) in [6.45, 7) is 18.3. The van der Waals surface area contributed by atoms with E-state index in [-0.39, 0.29) is 31.9 Å². The zero-order valence-electron chi connectivity index (χ0n) is 36.5. The topological polar surface area (TPSA) is 56.7 Å². The third-order valence-corrected chi connectivity index (χ3v) is 13.7. The van der Waals surface area contributed by atoms with Crippen molar-refractivity contribution in [3.05, 3.63) is 175 Å². The molecular weight excluding hydrogens is 953 g/mol. The van der Waals surface area contributed by atoms with E-state index in [1.54, 1.807) is 0 Å². The normalized spacial score (nSPS) is 11.7. The molecule has 4 heterocycles. The molecule has 0 aliphatic carbocycles. The van der Waals surface area contributed by atoms with Crippen molar-refractivity contribution in [1.82, 2.24) is 19.5 Å². The van der Waals surface area contributed by atoms with Crippen molar-refractivity contribution in [1.29, 1.82) is 0 Å². The van der Waals surface area contributed by atoms with Crippen molar-refractivity contribution in [3.63, 3.8) is 0 Å². The van der Waals surface area contributed by atoms with E-state index in [1.807, 2.05) is 54.7 Å². The first-order chi connectivity index (χ1) is 29.5. The van der Waals surface area contributed by atoms with Gasteiger partial charge in [-0.25, -0.2) is 0 Å². The van der Waals surface area contributed by atoms with Gasteiger partial charge in [-0.3, -0.25) is 9.97 Å². The fraction of sp³-hybridized carbons (Fsp3) is 0.182. The fourth-order valence-corrected chi connectivity index (χ4v) is 10.3. The second-order valence-corrected chi connectivity index (χ2v) is 22.6. The van der Waals surface area contributed by atoms with Crippen LogP contribution >= 0.6 is 0 Å². The van der Waals surface area contributed by atoms with E-state index in [1.165, 1.54) is 33.0 Å². The molecule has 5 nitrogen and oxygen atoms in total. The molecule has 1 radical (unpaired) electrons. The minimum atomic E-state index is -1.27. The summed E-state index contributed by atoms with van der Waals surface area (Å²) in [6.07, 6.45) is 4.03. The van der Waals surface area contributed by atoms with Gasteiger partial charge >= 0.3 is 0 Å². The van der Waals surface area contributed by atoms with E-state index in [0.717, 1.165) is 72.2 Å². The average molecular weight is 1000 g/mol. The van der Waals surface area contributed by atoms with E-state index in [9.17, 15) is 0 Å². The molecule has 311 valence electrons. The van der Waals surface area contributed by atoms with Gasteiger partial charge in [-0.15, -0.1) is 54.1 Å². The number of pyridine rings is 2. The van der Waals surface area contributed by atoms with Crippen LogP contribution in [0.1, 0.15) is 56.2 Å². The quantitative estimate of drug-likeness (QED) is 0.118. The Kier molecular flexibility index (Phi) is 12.0. The minimum absolute atomic E-state index is 0. The number of fused-ring (bicyclic) bond motifs is 6. The molecule has 0 amide bonds. The van der Waals surface area contributed by atoms with Crippen LogP contribution in [0, 0.1) is 19.1 Å². The van der Waals surface area contributed by atoms with Gasteiger partial charge in [-0.2, -0.15) is 0 Å². The van der Waals surface area contributed by atoms with Crippen LogP contribution in [0.15, 0.2) is 150 Å². The summed E-state index contributed by atoms with van der Waals surface area (Å²) in [5.74, 6) is 1.32. The van der Waals surface area contributed by atoms with Gasteiger partial charge in [-0.1, -0.05) is 137 Å². The number of imidazole rings is 1. The number of aryl methyl sites for hydroxylation is 1. The fourth-order valence-electron chi connectivity index (χ4n) is 8.57. The molecule has 10 rings (SSSR count). The minimum Gasteiger partial charge on any atom is -0.501 e. The molecule has 0 aliphatic heterocycles. The number of hydrogen-bond donors (Lipinski definition) is 0. The van der Waals surface area contributed by atoms with Crippen LogP contribution in [0.2, 0.25) is 19.6 Å². The van der Waals surface area contributed by atoms with E-state index in [4.69, 9.17) is 14.4 Å². The molecule has 0 atom stereocenters. The van der Waals surface area contributed by atoms with E-state index in [2.05, 4.69) is 167 Å². The van der Waals surface area contributed by atoms with E-state index >= 15 is 0 Å². The van der Waals surface area contributed by atoms with Gasteiger partial charge in [0.15, 0.2) is 0 Å². The molecular formula is C55H50IrN4OSi-2. The van der Waals surface area contributed by atoms with Crippen LogP contribution in [-0.2, 0) is 20.1 Å². The number of rotatable bonds is 7. The first-order valence-electron chi connectivity index (χ1n) is 21.2. The zero-order valence-corrected chi connectivity index (χ0v) is 39.9. The smallest absolute Gasteiger partial charge is 0.120 e. The molecule has 0 unspecified atom stereocenters. The number of para-hydroxylation sites is 2. The third kappa shape index (κ3) is 7.97. The van der Waals surface area contributed by atoms with Crippen molar-refractivity contribution >= 4 is 57.1 Å². The van der Waals surface area contributed by atoms with Gasteiger partial charge in [0.25, 0.3) is 0 Å². The monoisotopic (exact) mass is 1000 g/mol. The predicted molar refractivity (Wildman–Crippen MR) is 258 cm³/mol. The van der Waals surface area contributed by atoms with Crippen molar-refractivity contribution < 1.29 is 24.5 Å². The van der Waals surface area contributed by atoms with Gasteiger partial charge in [0.2, 0.25) is 0 Å². The molecule has 0 N–H and O–H groups in total. The standard InChI is InChI=1S/C40H32N3O.C15H18NSi.Ir/c1-24(2)32-21-27(26-13-6-5-7-14-26)22-33(25(3)4)38(32)43-35-23-41-34-19-10-8-16-30(34)37(35)42-40(43)31-18-12-17-29-28-15-9-11-20-36(28)44-39(29)31;1-12-10-14(13-8-6-5-7-9-13)16-11-15(12)17(2,3)4;/h5-17,19-25H,1-4H3;5-8,10-11H,1-4H3;/q2*-1;. The second kappa shape index (κ2) is 17.4. The Morgan fingerprint density at radius 1 is 0.645 bits per heavy atom. The largest absolute Gasteiger partial charge is 0.501 e. The van der Waals surface area contributed by atoms with Crippen LogP contribution in [-0.4, -0.2) is 27.6 Å². The van der Waals surface area contributed by atoms with E-state index in [0.29, 0.717) is 0 Å². The summed E-state index contributed by atoms with van der Waals surface area (Å²) in [5.41, 5.74) is 14.9. The maximum atomic E-state index is 6.54. The number of aromatic nitrogens is 4. The molecule has 0 aliphatic rings. The molecule has 0 bridgehead atoms. The Bertz CT molecular complexity index is 3170. The van der Waals surface area contributed by atoms with Crippen LogP contribution in [0.4, 0.5) is 0 Å². The third-order valence-electron chi connectivity index (χ3n) is 11.6. The van der Waals surface area contributed by atoms with Crippen LogP contribution < -0.4 is 5.19 Å². The molecule has 0 saturated heterocycles. The Balaban J connectivity index is 0.000000248. The molecule has 6 aromatic carbocycles. The first-order valence-corrected chi connectivity index (χ1v) is 24.7. The average Bonchev–Trinajstić information content (AvgIpc) is 3.85. The maximum absolute atomic E-state index is 6.54. The molecule has 4 aromatic heterocycles. The number of furan rings is 1. The molecule has 0 spiro atoms. The molecule has 7 heteroatoms. The zero-order chi connectivity index (χ0) is 42.4. The summed E-state index contributed by atoms with van der Waals surface area (Å²) >= 11 is 0. The van der Waals surface area contributed by atoms with Gasteiger partial charge in [0.05, 0.1) is 42.2 Å². The Hall–Kier alpha value is -5.98. The summed E-state index contributed by atoms with van der Waals surface area (Å²) < 4.78 is 8.87.